The van der Waals surface area contributed by atoms with E-state index in [9.17, 15) is 9.59 Å². The average molecular weight is 639 g/mol. The van der Waals surface area contributed by atoms with E-state index in [-0.39, 0.29) is 36.9 Å². The fraction of sp³-hybridized carbons (Fsp3) is 0.421. The molecule has 3 aromatic rings. The molecule has 2 aliphatic rings. The predicted octanol–water partition coefficient (Wildman–Crippen LogP) is 5.79. The number of benzene rings is 3. The van der Waals surface area contributed by atoms with Crippen LogP contribution >= 0.6 is 0 Å². The van der Waals surface area contributed by atoms with Crippen molar-refractivity contribution in [3.63, 3.8) is 0 Å². The van der Waals surface area contributed by atoms with Gasteiger partial charge in [0.25, 0.3) is 5.91 Å². The lowest BCUT2D eigenvalue weighted by Crippen LogP contribution is -2.55. The largest absolute Gasteiger partial charge is 0.493 e. The van der Waals surface area contributed by atoms with Gasteiger partial charge in [-0.25, -0.2) is 0 Å². The van der Waals surface area contributed by atoms with E-state index in [1.165, 1.54) is 5.56 Å². The van der Waals surface area contributed by atoms with Crippen molar-refractivity contribution in [1.29, 1.82) is 0 Å². The van der Waals surface area contributed by atoms with Gasteiger partial charge >= 0.3 is 5.97 Å². The highest BCUT2D eigenvalue weighted by atomic mass is 16.5. The zero-order chi connectivity index (χ0) is 33.7. The van der Waals surface area contributed by atoms with Crippen molar-refractivity contribution in [2.75, 3.05) is 40.5 Å². The Labute approximate surface area is 278 Å². The molecule has 0 bridgehead atoms. The molecule has 47 heavy (non-hydrogen) atoms. The monoisotopic (exact) mass is 638 g/mol. The van der Waals surface area contributed by atoms with Crippen molar-refractivity contribution < 1.29 is 23.8 Å². The standard InChI is InChI=1S/C38H46N4O5/c1-8-46-34-21-29-30(22-33(34)45-7)36(40-32-18-19-41(6)23-31(29)32)27-14-16-28(17-15-27)37(44)42(25(2)3)38(4,39-5)24-47-35(43)20-26-12-10-9-11-13-26/h9-17,21-22,25,31-32H,5,8,18-20,23-24H2,1-4,6-7H3/t31-,32-,38+/m1/s1. The Morgan fingerprint density at radius 3 is 2.47 bits per heavy atom. The molecule has 0 N–H and O–H groups in total. The second-order valence-electron chi connectivity index (χ2n) is 12.8. The van der Waals surface area contributed by atoms with Gasteiger partial charge in [0, 0.05) is 35.2 Å². The van der Waals surface area contributed by atoms with Crippen LogP contribution in [0.4, 0.5) is 0 Å². The van der Waals surface area contributed by atoms with Crippen LogP contribution in [-0.4, -0.2) is 92.3 Å². The van der Waals surface area contributed by atoms with Crippen LogP contribution in [0.25, 0.3) is 0 Å². The zero-order valence-electron chi connectivity index (χ0n) is 28.4. The lowest BCUT2D eigenvalue weighted by atomic mass is 9.79. The van der Waals surface area contributed by atoms with Crippen LogP contribution < -0.4 is 9.47 Å². The number of carbonyl (C=O) groups is 2. The summed E-state index contributed by atoms with van der Waals surface area (Å²) in [5, 5.41) is 0. The van der Waals surface area contributed by atoms with E-state index in [0.717, 1.165) is 47.7 Å². The van der Waals surface area contributed by atoms with E-state index < -0.39 is 11.6 Å². The Bertz CT molecular complexity index is 1620. The van der Waals surface area contributed by atoms with Gasteiger partial charge in [0.05, 0.1) is 31.9 Å². The third kappa shape index (κ3) is 7.25. The number of rotatable bonds is 12. The van der Waals surface area contributed by atoms with Crippen molar-refractivity contribution in [1.82, 2.24) is 9.80 Å². The molecule has 0 aliphatic carbocycles. The maximum Gasteiger partial charge on any atom is 0.310 e. The summed E-state index contributed by atoms with van der Waals surface area (Å²) in [6.07, 6.45) is 1.10. The van der Waals surface area contributed by atoms with Gasteiger partial charge in [-0.3, -0.25) is 19.6 Å². The summed E-state index contributed by atoms with van der Waals surface area (Å²) >= 11 is 0. The Kier molecular flexibility index (Phi) is 10.4. The summed E-state index contributed by atoms with van der Waals surface area (Å²) in [4.78, 5) is 40.3. The molecule has 0 unspecified atom stereocenters. The van der Waals surface area contributed by atoms with E-state index in [1.807, 2.05) is 81.4 Å². The zero-order valence-corrected chi connectivity index (χ0v) is 28.4. The lowest BCUT2D eigenvalue weighted by molar-refractivity contribution is -0.146. The number of amides is 1. The topological polar surface area (TPSA) is 93.0 Å². The van der Waals surface area contributed by atoms with Gasteiger partial charge in [0.1, 0.15) is 6.61 Å². The number of carbonyl (C=O) groups excluding carboxylic acids is 2. The number of piperidine rings is 1. The molecule has 248 valence electrons. The van der Waals surface area contributed by atoms with E-state index in [4.69, 9.17) is 19.2 Å². The maximum absolute atomic E-state index is 14.0. The van der Waals surface area contributed by atoms with Gasteiger partial charge in [-0.05, 0) is 89.8 Å². The van der Waals surface area contributed by atoms with E-state index in [0.29, 0.717) is 17.9 Å². The molecule has 0 spiro atoms. The van der Waals surface area contributed by atoms with Crippen LogP contribution in [0.3, 0.4) is 0 Å². The minimum atomic E-state index is -1.17. The SMILES string of the molecule is C=N[C@](C)(COC(=O)Cc1ccccc1)N(C(=O)c1ccc(C2=N[C@@H]3CCN(C)C[C@@H]3c3cc(OCC)c(OC)cc32)cc1)C(C)C. The molecule has 0 radical (unpaired) electrons. The Hall–Kier alpha value is -4.50. The number of ether oxygens (including phenoxy) is 3. The van der Waals surface area contributed by atoms with Crippen molar-refractivity contribution in [3.8, 4) is 11.5 Å². The number of likely N-dealkylation sites (tertiary alicyclic amines) is 1. The quantitative estimate of drug-likeness (QED) is 0.184. The maximum atomic E-state index is 14.0. The Morgan fingerprint density at radius 2 is 1.83 bits per heavy atom. The fourth-order valence-electron chi connectivity index (χ4n) is 6.68. The molecule has 1 amide bonds. The molecule has 0 aromatic heterocycles. The van der Waals surface area contributed by atoms with Gasteiger partial charge < -0.3 is 24.0 Å². The van der Waals surface area contributed by atoms with Gasteiger partial charge in [-0.15, -0.1) is 0 Å². The van der Waals surface area contributed by atoms with Crippen LogP contribution in [0.5, 0.6) is 11.5 Å². The third-order valence-electron chi connectivity index (χ3n) is 9.06. The minimum absolute atomic E-state index is 0.110. The molecule has 5 rings (SSSR count). The number of hydrogen-bond donors (Lipinski definition) is 0. The van der Waals surface area contributed by atoms with E-state index in [1.54, 1.807) is 18.9 Å². The molecule has 1 saturated heterocycles. The molecule has 0 saturated carbocycles. The molecule has 3 aromatic carbocycles. The van der Waals surface area contributed by atoms with Crippen molar-refractivity contribution >= 4 is 24.3 Å². The average Bonchev–Trinajstić information content (AvgIpc) is 3.07. The number of hydrogen-bond acceptors (Lipinski definition) is 8. The molecule has 2 heterocycles. The first-order chi connectivity index (χ1) is 22.6. The summed E-state index contributed by atoms with van der Waals surface area (Å²) < 4.78 is 17.3. The highest BCUT2D eigenvalue weighted by Gasteiger charge is 2.39. The van der Waals surface area contributed by atoms with Gasteiger partial charge in [0.2, 0.25) is 0 Å². The predicted molar refractivity (Wildman–Crippen MR) is 185 cm³/mol. The number of likely N-dealkylation sites (N-methyl/N-ethyl adjacent to an activating group) is 1. The van der Waals surface area contributed by atoms with Crippen LogP contribution in [0, 0.1) is 0 Å². The number of esters is 1. The van der Waals surface area contributed by atoms with Gasteiger partial charge in [0.15, 0.2) is 17.2 Å². The Balaban J connectivity index is 1.41. The Morgan fingerprint density at radius 1 is 1.11 bits per heavy atom. The summed E-state index contributed by atoms with van der Waals surface area (Å²) in [5.41, 5.74) is 4.21. The van der Waals surface area contributed by atoms with Crippen LogP contribution in [0.1, 0.15) is 72.6 Å². The second kappa shape index (κ2) is 14.5. The summed E-state index contributed by atoms with van der Waals surface area (Å²) in [6, 6.07) is 21.0. The molecular weight excluding hydrogens is 592 g/mol. The number of aliphatic imine (C=N–C) groups is 2. The fourth-order valence-corrected chi connectivity index (χ4v) is 6.68. The molecule has 1 fully saturated rings. The number of fused-ring (bicyclic) bond motifs is 3. The van der Waals surface area contributed by atoms with Crippen molar-refractivity contribution in [2.24, 2.45) is 9.98 Å². The molecule has 3 atom stereocenters. The number of methoxy groups -OCH3 is 1. The van der Waals surface area contributed by atoms with Gasteiger partial charge in [-0.2, -0.15) is 0 Å². The highest BCUT2D eigenvalue weighted by Crippen LogP contribution is 2.42. The minimum Gasteiger partial charge on any atom is -0.493 e. The van der Waals surface area contributed by atoms with Crippen molar-refractivity contribution in [2.45, 2.75) is 64.2 Å². The normalized spacial score (nSPS) is 18.7. The highest BCUT2D eigenvalue weighted by molar-refractivity contribution is 6.15. The first-order valence-electron chi connectivity index (χ1n) is 16.3. The third-order valence-corrected chi connectivity index (χ3v) is 9.06. The summed E-state index contributed by atoms with van der Waals surface area (Å²) in [7, 11) is 3.80. The lowest BCUT2D eigenvalue weighted by Gasteiger charge is -2.40. The van der Waals surface area contributed by atoms with Crippen LogP contribution in [-0.2, 0) is 16.0 Å². The number of nitrogens with zero attached hydrogens (tertiary/aromatic N) is 4. The van der Waals surface area contributed by atoms with E-state index >= 15 is 0 Å². The summed E-state index contributed by atoms with van der Waals surface area (Å²) in [6.45, 7) is 13.7. The van der Waals surface area contributed by atoms with Crippen LogP contribution in [0.15, 0.2) is 76.7 Å². The first-order valence-corrected chi connectivity index (χ1v) is 16.3. The molecule has 9 heteroatoms. The van der Waals surface area contributed by atoms with Crippen molar-refractivity contribution in [3.05, 3.63) is 94.5 Å². The molecule has 9 nitrogen and oxygen atoms in total. The summed E-state index contributed by atoms with van der Waals surface area (Å²) in [5.74, 6) is 1.04. The van der Waals surface area contributed by atoms with Gasteiger partial charge in [-0.1, -0.05) is 42.5 Å². The first kappa shape index (κ1) is 33.9. The van der Waals surface area contributed by atoms with E-state index in [2.05, 4.69) is 29.7 Å². The smallest absolute Gasteiger partial charge is 0.310 e. The molecular formula is C38H46N4O5. The molecule has 2 aliphatic heterocycles. The van der Waals surface area contributed by atoms with Crippen LogP contribution in [0.2, 0.25) is 0 Å². The second-order valence-corrected chi connectivity index (χ2v) is 12.8.